The van der Waals surface area contributed by atoms with Gasteiger partial charge in [0.05, 0.1) is 21.8 Å². The SMILES string of the molecule is CCCNC(c1ncc(Cl)cc1Cl)C1CCC1. The first-order chi connectivity index (χ1) is 8.22. The zero-order chi connectivity index (χ0) is 12.3. The smallest absolute Gasteiger partial charge is 0.0762 e. The van der Waals surface area contributed by atoms with Crippen molar-refractivity contribution in [2.75, 3.05) is 6.54 Å². The molecule has 0 amide bonds. The van der Waals surface area contributed by atoms with Crippen molar-refractivity contribution in [3.63, 3.8) is 0 Å². The standard InChI is InChI=1S/C13H18Cl2N2/c1-2-6-16-12(9-4-3-5-9)13-11(15)7-10(14)8-17-13/h7-9,12,16H,2-6H2,1H3. The first-order valence-electron chi connectivity index (χ1n) is 6.26. The van der Waals surface area contributed by atoms with E-state index in [4.69, 9.17) is 23.2 Å². The zero-order valence-electron chi connectivity index (χ0n) is 10.0. The van der Waals surface area contributed by atoms with E-state index < -0.39 is 0 Å². The summed E-state index contributed by atoms with van der Waals surface area (Å²) in [5, 5.41) is 4.84. The monoisotopic (exact) mass is 272 g/mol. The van der Waals surface area contributed by atoms with Crippen molar-refractivity contribution in [1.29, 1.82) is 0 Å². The van der Waals surface area contributed by atoms with Gasteiger partial charge in [-0.25, -0.2) is 0 Å². The molecule has 94 valence electrons. The molecule has 2 rings (SSSR count). The first kappa shape index (κ1) is 13.1. The van der Waals surface area contributed by atoms with Crippen LogP contribution in [-0.2, 0) is 0 Å². The van der Waals surface area contributed by atoms with Crippen LogP contribution in [0.25, 0.3) is 0 Å². The second-order valence-corrected chi connectivity index (χ2v) is 5.49. The lowest BCUT2D eigenvalue weighted by Gasteiger charge is -2.34. The molecule has 1 aromatic heterocycles. The maximum Gasteiger partial charge on any atom is 0.0762 e. The van der Waals surface area contributed by atoms with Crippen LogP contribution in [0.1, 0.15) is 44.3 Å². The molecular weight excluding hydrogens is 255 g/mol. The van der Waals surface area contributed by atoms with Gasteiger partial charge >= 0.3 is 0 Å². The maximum atomic E-state index is 6.24. The molecule has 4 heteroatoms. The Labute approximate surface area is 113 Å². The van der Waals surface area contributed by atoms with Gasteiger partial charge < -0.3 is 5.32 Å². The second kappa shape index (κ2) is 6.03. The Hall–Kier alpha value is -0.310. The third-order valence-electron chi connectivity index (χ3n) is 3.37. The molecular formula is C13H18Cl2N2. The molecule has 0 aromatic carbocycles. The summed E-state index contributed by atoms with van der Waals surface area (Å²) in [5.74, 6) is 0.674. The Balaban J connectivity index is 2.17. The van der Waals surface area contributed by atoms with Crippen LogP contribution >= 0.6 is 23.2 Å². The van der Waals surface area contributed by atoms with Crippen molar-refractivity contribution < 1.29 is 0 Å². The van der Waals surface area contributed by atoms with Gasteiger partial charge in [0.2, 0.25) is 0 Å². The summed E-state index contributed by atoms with van der Waals surface area (Å²) >= 11 is 12.1. The average Bonchev–Trinajstić information content (AvgIpc) is 2.22. The Bertz CT molecular complexity index is 378. The summed E-state index contributed by atoms with van der Waals surface area (Å²) < 4.78 is 0. The van der Waals surface area contributed by atoms with Crippen molar-refractivity contribution in [2.24, 2.45) is 5.92 Å². The number of hydrogen-bond acceptors (Lipinski definition) is 2. The van der Waals surface area contributed by atoms with Crippen LogP contribution in [0.2, 0.25) is 10.0 Å². The lowest BCUT2D eigenvalue weighted by Crippen LogP contribution is -2.33. The highest BCUT2D eigenvalue weighted by Gasteiger charge is 2.30. The zero-order valence-corrected chi connectivity index (χ0v) is 11.6. The summed E-state index contributed by atoms with van der Waals surface area (Å²) in [6, 6.07) is 2.07. The van der Waals surface area contributed by atoms with Crippen molar-refractivity contribution in [1.82, 2.24) is 10.3 Å². The minimum Gasteiger partial charge on any atom is -0.308 e. The molecule has 0 spiro atoms. The van der Waals surface area contributed by atoms with Crippen molar-refractivity contribution in [3.05, 3.63) is 28.0 Å². The van der Waals surface area contributed by atoms with Gasteiger partial charge in [0.1, 0.15) is 0 Å². The summed E-state index contributed by atoms with van der Waals surface area (Å²) in [6.45, 7) is 3.17. The van der Waals surface area contributed by atoms with E-state index in [1.807, 2.05) is 0 Å². The molecule has 1 aliphatic rings. The lowest BCUT2D eigenvalue weighted by molar-refractivity contribution is 0.228. The Morgan fingerprint density at radius 1 is 1.47 bits per heavy atom. The number of pyridine rings is 1. The first-order valence-corrected chi connectivity index (χ1v) is 7.02. The molecule has 1 saturated carbocycles. The lowest BCUT2D eigenvalue weighted by atomic mass is 9.78. The van der Waals surface area contributed by atoms with Gasteiger partial charge in [-0.2, -0.15) is 0 Å². The maximum absolute atomic E-state index is 6.24. The topological polar surface area (TPSA) is 24.9 Å². The van der Waals surface area contributed by atoms with Gasteiger partial charge in [-0.05, 0) is 37.8 Å². The van der Waals surface area contributed by atoms with Crippen molar-refractivity contribution in [3.8, 4) is 0 Å². The van der Waals surface area contributed by atoms with E-state index >= 15 is 0 Å². The van der Waals surface area contributed by atoms with E-state index in [1.54, 1.807) is 12.3 Å². The van der Waals surface area contributed by atoms with Crippen LogP contribution in [0.5, 0.6) is 0 Å². The molecule has 2 nitrogen and oxygen atoms in total. The molecule has 0 aliphatic heterocycles. The highest BCUT2D eigenvalue weighted by Crippen LogP contribution is 2.39. The van der Waals surface area contributed by atoms with Gasteiger partial charge in [-0.1, -0.05) is 36.5 Å². The van der Waals surface area contributed by atoms with Crippen LogP contribution in [0.4, 0.5) is 0 Å². The predicted octanol–water partition coefficient (Wildman–Crippen LogP) is 4.23. The Kier molecular flexibility index (Phi) is 4.66. The summed E-state index contributed by atoms with van der Waals surface area (Å²) in [6.07, 6.45) is 6.65. The van der Waals surface area contributed by atoms with E-state index in [1.165, 1.54) is 19.3 Å². The average molecular weight is 273 g/mol. The van der Waals surface area contributed by atoms with Gasteiger partial charge in [0.25, 0.3) is 0 Å². The van der Waals surface area contributed by atoms with Gasteiger partial charge in [0.15, 0.2) is 0 Å². The van der Waals surface area contributed by atoms with Crippen LogP contribution in [0, 0.1) is 5.92 Å². The van der Waals surface area contributed by atoms with Crippen LogP contribution in [0.3, 0.4) is 0 Å². The molecule has 1 N–H and O–H groups in total. The largest absolute Gasteiger partial charge is 0.308 e. The molecule has 1 aromatic rings. The fraction of sp³-hybridized carbons (Fsp3) is 0.615. The van der Waals surface area contributed by atoms with E-state index in [0.29, 0.717) is 16.0 Å². The van der Waals surface area contributed by atoms with E-state index in [9.17, 15) is 0 Å². The molecule has 1 aliphatic carbocycles. The molecule has 1 heterocycles. The molecule has 1 fully saturated rings. The molecule has 0 radical (unpaired) electrons. The fourth-order valence-corrected chi connectivity index (χ4v) is 2.71. The number of hydrogen-bond donors (Lipinski definition) is 1. The Morgan fingerprint density at radius 3 is 2.76 bits per heavy atom. The third-order valence-corrected chi connectivity index (χ3v) is 3.88. The molecule has 0 bridgehead atoms. The minimum absolute atomic E-state index is 0.286. The molecule has 17 heavy (non-hydrogen) atoms. The van der Waals surface area contributed by atoms with Crippen LogP contribution in [0.15, 0.2) is 12.3 Å². The van der Waals surface area contributed by atoms with Crippen molar-refractivity contribution in [2.45, 2.75) is 38.6 Å². The van der Waals surface area contributed by atoms with Gasteiger partial charge in [0, 0.05) is 6.20 Å². The van der Waals surface area contributed by atoms with Gasteiger partial charge in [-0.15, -0.1) is 0 Å². The highest BCUT2D eigenvalue weighted by molar-refractivity contribution is 6.34. The van der Waals surface area contributed by atoms with E-state index in [2.05, 4.69) is 17.2 Å². The number of nitrogens with one attached hydrogen (secondary N) is 1. The fourth-order valence-electron chi connectivity index (χ4n) is 2.21. The second-order valence-electron chi connectivity index (χ2n) is 4.64. The number of aromatic nitrogens is 1. The molecule has 0 saturated heterocycles. The van der Waals surface area contributed by atoms with Gasteiger partial charge in [-0.3, -0.25) is 4.98 Å². The van der Waals surface area contributed by atoms with E-state index in [0.717, 1.165) is 18.7 Å². The third kappa shape index (κ3) is 3.12. The number of rotatable bonds is 5. The summed E-state index contributed by atoms with van der Waals surface area (Å²) in [7, 11) is 0. The molecule has 1 unspecified atom stereocenters. The highest BCUT2D eigenvalue weighted by atomic mass is 35.5. The van der Waals surface area contributed by atoms with Crippen LogP contribution < -0.4 is 5.32 Å². The van der Waals surface area contributed by atoms with Crippen LogP contribution in [-0.4, -0.2) is 11.5 Å². The minimum atomic E-state index is 0.286. The molecule has 1 atom stereocenters. The normalized spacial score (nSPS) is 17.8. The summed E-state index contributed by atoms with van der Waals surface area (Å²) in [5.41, 5.74) is 0.953. The Morgan fingerprint density at radius 2 is 2.24 bits per heavy atom. The van der Waals surface area contributed by atoms with Crippen molar-refractivity contribution >= 4 is 23.2 Å². The number of halogens is 2. The number of nitrogens with zero attached hydrogens (tertiary/aromatic N) is 1. The predicted molar refractivity (Wildman–Crippen MR) is 72.6 cm³/mol. The quantitative estimate of drug-likeness (QED) is 0.868. The van der Waals surface area contributed by atoms with E-state index in [-0.39, 0.29) is 6.04 Å². The summed E-state index contributed by atoms with van der Waals surface area (Å²) in [4.78, 5) is 4.41.